The highest BCUT2D eigenvalue weighted by atomic mass is 19.4. The summed E-state index contributed by atoms with van der Waals surface area (Å²) in [4.78, 5) is 13.3. The smallest absolute Gasteiger partial charge is 0.416 e. The Balaban J connectivity index is 1.79. The minimum atomic E-state index is -4.34. The molecular formula is C15H19F3N2O2. The van der Waals surface area contributed by atoms with E-state index in [1.165, 1.54) is 12.1 Å². The van der Waals surface area contributed by atoms with Gasteiger partial charge in [-0.3, -0.25) is 9.69 Å². The highest BCUT2D eigenvalue weighted by Crippen LogP contribution is 2.30. The van der Waals surface area contributed by atoms with Gasteiger partial charge in [-0.1, -0.05) is 6.92 Å². The fourth-order valence-corrected chi connectivity index (χ4v) is 2.65. The Labute approximate surface area is 127 Å². The van der Waals surface area contributed by atoms with E-state index in [0.717, 1.165) is 18.7 Å². The molecule has 0 saturated carbocycles. The lowest BCUT2D eigenvalue weighted by atomic mass is 9.98. The molecule has 0 aromatic heterocycles. The summed E-state index contributed by atoms with van der Waals surface area (Å²) in [5, 5.41) is 0. The molecule has 7 heteroatoms. The van der Waals surface area contributed by atoms with Gasteiger partial charge in [0.1, 0.15) is 12.4 Å². The number of primary amides is 1. The number of ether oxygens (including phenoxy) is 1. The van der Waals surface area contributed by atoms with E-state index in [2.05, 4.69) is 4.90 Å². The number of nitrogens with zero attached hydrogens (tertiary/aromatic N) is 1. The molecule has 0 bridgehead atoms. The molecule has 122 valence electrons. The third-order valence-electron chi connectivity index (χ3n) is 3.91. The molecule has 1 heterocycles. The van der Waals surface area contributed by atoms with Gasteiger partial charge in [-0.05, 0) is 30.2 Å². The van der Waals surface area contributed by atoms with Gasteiger partial charge in [0.15, 0.2) is 0 Å². The van der Waals surface area contributed by atoms with Crippen molar-refractivity contribution in [1.82, 2.24) is 4.90 Å². The zero-order chi connectivity index (χ0) is 16.3. The Morgan fingerprint density at radius 3 is 2.45 bits per heavy atom. The molecule has 1 saturated heterocycles. The Hall–Kier alpha value is -1.76. The molecule has 22 heavy (non-hydrogen) atoms. The minimum Gasteiger partial charge on any atom is -0.492 e. The van der Waals surface area contributed by atoms with Gasteiger partial charge in [0.2, 0.25) is 5.91 Å². The molecule has 0 aliphatic carbocycles. The first-order valence-corrected chi connectivity index (χ1v) is 7.09. The van der Waals surface area contributed by atoms with E-state index in [0.29, 0.717) is 25.4 Å². The average molecular weight is 316 g/mol. The summed E-state index contributed by atoms with van der Waals surface area (Å²) < 4.78 is 42.7. The van der Waals surface area contributed by atoms with Crippen molar-refractivity contribution in [3.05, 3.63) is 29.8 Å². The van der Waals surface area contributed by atoms with Crippen LogP contribution in [0.15, 0.2) is 24.3 Å². The fourth-order valence-electron chi connectivity index (χ4n) is 2.65. The van der Waals surface area contributed by atoms with Crippen LogP contribution in [0, 0.1) is 11.8 Å². The first-order valence-electron chi connectivity index (χ1n) is 7.09. The maximum atomic E-state index is 12.4. The summed E-state index contributed by atoms with van der Waals surface area (Å²) in [5.41, 5.74) is 4.63. The van der Waals surface area contributed by atoms with Crippen LogP contribution in [0.4, 0.5) is 13.2 Å². The van der Waals surface area contributed by atoms with Gasteiger partial charge in [0, 0.05) is 19.6 Å². The number of amides is 1. The Morgan fingerprint density at radius 1 is 1.32 bits per heavy atom. The molecule has 2 atom stereocenters. The van der Waals surface area contributed by atoms with Crippen molar-refractivity contribution in [2.24, 2.45) is 17.6 Å². The number of likely N-dealkylation sites (tertiary alicyclic amines) is 1. The summed E-state index contributed by atoms with van der Waals surface area (Å²) in [5.74, 6) is 0.167. The number of nitrogens with two attached hydrogens (primary N) is 1. The molecule has 1 fully saturated rings. The van der Waals surface area contributed by atoms with Gasteiger partial charge < -0.3 is 10.5 Å². The standard InChI is InChI=1S/C15H19F3N2O2/c1-10-8-20(9-13(10)14(19)21)6-7-22-12-4-2-11(3-5-12)15(16,17)18/h2-5,10,13H,6-9H2,1H3,(H2,19,21)/t10-,13-/m1/s1. The van der Waals surface area contributed by atoms with Crippen molar-refractivity contribution in [2.45, 2.75) is 13.1 Å². The van der Waals surface area contributed by atoms with Crippen molar-refractivity contribution in [1.29, 1.82) is 0 Å². The van der Waals surface area contributed by atoms with E-state index in [1.807, 2.05) is 6.92 Å². The summed E-state index contributed by atoms with van der Waals surface area (Å²) in [6.07, 6.45) is -4.34. The second-order valence-corrected chi connectivity index (χ2v) is 5.62. The molecule has 1 aliphatic rings. The van der Waals surface area contributed by atoms with Gasteiger partial charge in [-0.2, -0.15) is 13.2 Å². The average Bonchev–Trinajstić information content (AvgIpc) is 2.80. The van der Waals surface area contributed by atoms with Gasteiger partial charge in [-0.15, -0.1) is 0 Å². The number of carbonyl (C=O) groups excluding carboxylic acids is 1. The topological polar surface area (TPSA) is 55.6 Å². The summed E-state index contributed by atoms with van der Waals surface area (Å²) >= 11 is 0. The Bertz CT molecular complexity index is 517. The lowest BCUT2D eigenvalue weighted by Gasteiger charge is -2.16. The van der Waals surface area contributed by atoms with Crippen LogP contribution in [0.25, 0.3) is 0 Å². The SMILES string of the molecule is C[C@@H]1CN(CCOc2ccc(C(F)(F)F)cc2)C[C@H]1C(N)=O. The molecule has 0 spiro atoms. The third kappa shape index (κ3) is 4.13. The highest BCUT2D eigenvalue weighted by Gasteiger charge is 2.33. The monoisotopic (exact) mass is 316 g/mol. The van der Waals surface area contributed by atoms with Gasteiger partial charge in [0.25, 0.3) is 0 Å². The number of hydrogen-bond acceptors (Lipinski definition) is 3. The molecule has 0 unspecified atom stereocenters. The summed E-state index contributed by atoms with van der Waals surface area (Å²) in [6.45, 7) is 4.31. The van der Waals surface area contributed by atoms with Crippen molar-refractivity contribution >= 4 is 5.91 Å². The van der Waals surface area contributed by atoms with E-state index in [4.69, 9.17) is 10.5 Å². The maximum Gasteiger partial charge on any atom is 0.416 e. The van der Waals surface area contributed by atoms with E-state index in [1.54, 1.807) is 0 Å². The van der Waals surface area contributed by atoms with Crippen molar-refractivity contribution < 1.29 is 22.7 Å². The Kier molecular flexibility index (Phi) is 4.95. The zero-order valence-corrected chi connectivity index (χ0v) is 12.3. The van der Waals surface area contributed by atoms with Crippen LogP contribution in [0.5, 0.6) is 5.75 Å². The van der Waals surface area contributed by atoms with Crippen LogP contribution in [-0.2, 0) is 11.0 Å². The molecule has 2 N–H and O–H groups in total. The molecule has 1 aromatic rings. The van der Waals surface area contributed by atoms with Crippen LogP contribution in [0.2, 0.25) is 0 Å². The third-order valence-corrected chi connectivity index (χ3v) is 3.91. The van der Waals surface area contributed by atoms with Crippen LogP contribution in [0.1, 0.15) is 12.5 Å². The zero-order valence-electron chi connectivity index (χ0n) is 12.3. The highest BCUT2D eigenvalue weighted by molar-refractivity contribution is 5.77. The number of halogens is 3. The summed E-state index contributed by atoms with van der Waals surface area (Å²) in [6, 6.07) is 4.61. The minimum absolute atomic E-state index is 0.147. The fraction of sp³-hybridized carbons (Fsp3) is 0.533. The number of alkyl halides is 3. The van der Waals surface area contributed by atoms with Gasteiger partial charge >= 0.3 is 6.18 Å². The van der Waals surface area contributed by atoms with E-state index in [9.17, 15) is 18.0 Å². The van der Waals surface area contributed by atoms with Crippen molar-refractivity contribution in [3.63, 3.8) is 0 Å². The number of benzene rings is 1. The quantitative estimate of drug-likeness (QED) is 0.905. The molecule has 2 rings (SSSR count). The number of hydrogen-bond donors (Lipinski definition) is 1. The second kappa shape index (κ2) is 6.56. The first kappa shape index (κ1) is 16.6. The molecule has 4 nitrogen and oxygen atoms in total. The molecule has 0 radical (unpaired) electrons. The lowest BCUT2D eigenvalue weighted by Crippen LogP contribution is -2.30. The molecular weight excluding hydrogens is 297 g/mol. The predicted molar refractivity (Wildman–Crippen MR) is 75.2 cm³/mol. The molecule has 1 aliphatic heterocycles. The van der Waals surface area contributed by atoms with Crippen molar-refractivity contribution in [2.75, 3.05) is 26.2 Å². The molecule has 1 amide bonds. The van der Waals surface area contributed by atoms with Gasteiger partial charge in [-0.25, -0.2) is 0 Å². The molecule has 1 aromatic carbocycles. The van der Waals surface area contributed by atoms with E-state index in [-0.39, 0.29) is 17.7 Å². The normalized spacial score (nSPS) is 22.7. The van der Waals surface area contributed by atoms with Crippen LogP contribution < -0.4 is 10.5 Å². The predicted octanol–water partition coefficient (Wildman–Crippen LogP) is 2.14. The number of carbonyl (C=O) groups is 1. The second-order valence-electron chi connectivity index (χ2n) is 5.62. The van der Waals surface area contributed by atoms with Gasteiger partial charge in [0.05, 0.1) is 11.5 Å². The lowest BCUT2D eigenvalue weighted by molar-refractivity contribution is -0.137. The van der Waals surface area contributed by atoms with E-state index < -0.39 is 11.7 Å². The first-order chi connectivity index (χ1) is 10.3. The Morgan fingerprint density at radius 2 is 1.95 bits per heavy atom. The van der Waals surface area contributed by atoms with Crippen LogP contribution in [-0.4, -0.2) is 37.0 Å². The van der Waals surface area contributed by atoms with E-state index >= 15 is 0 Å². The van der Waals surface area contributed by atoms with Crippen LogP contribution >= 0.6 is 0 Å². The van der Waals surface area contributed by atoms with Crippen LogP contribution in [0.3, 0.4) is 0 Å². The summed E-state index contributed by atoms with van der Waals surface area (Å²) in [7, 11) is 0. The maximum absolute atomic E-state index is 12.4. The largest absolute Gasteiger partial charge is 0.492 e. The van der Waals surface area contributed by atoms with Crippen molar-refractivity contribution in [3.8, 4) is 5.75 Å². The number of rotatable bonds is 5.